The zero-order chi connectivity index (χ0) is 12.6. The van der Waals surface area contributed by atoms with E-state index in [2.05, 4.69) is 4.98 Å². The average Bonchev–Trinajstić information content (AvgIpc) is 2.29. The molecular weight excluding hydrogens is 240 g/mol. The fourth-order valence-corrected chi connectivity index (χ4v) is 2.14. The summed E-state index contributed by atoms with van der Waals surface area (Å²) in [4.78, 5) is 16.5. The zero-order valence-corrected chi connectivity index (χ0v) is 10.7. The molecule has 17 heavy (non-hydrogen) atoms. The number of nitrogens with zero attached hydrogens (tertiary/aromatic N) is 2. The highest BCUT2D eigenvalue weighted by molar-refractivity contribution is 6.28. The van der Waals surface area contributed by atoms with E-state index in [1.165, 1.54) is 4.57 Å². The molecule has 1 aromatic carbocycles. The van der Waals surface area contributed by atoms with Gasteiger partial charge in [0.15, 0.2) is 0 Å². The van der Waals surface area contributed by atoms with Gasteiger partial charge < -0.3 is 4.74 Å². The summed E-state index contributed by atoms with van der Waals surface area (Å²) in [5, 5.41) is 0.754. The number of halogens is 1. The third-order valence-electron chi connectivity index (χ3n) is 2.77. The van der Waals surface area contributed by atoms with Crippen molar-refractivity contribution in [2.24, 2.45) is 0 Å². The van der Waals surface area contributed by atoms with Crippen molar-refractivity contribution in [2.75, 3.05) is 7.11 Å². The first-order valence-electron chi connectivity index (χ1n) is 5.33. The molecule has 4 nitrogen and oxygen atoms in total. The largest absolute Gasteiger partial charge is 0.494 e. The van der Waals surface area contributed by atoms with Crippen molar-refractivity contribution in [3.63, 3.8) is 0 Å². The SMILES string of the molecule is CCn1c(Cl)nc2c(OC)ccc(C)c2c1=O. The Labute approximate surface area is 104 Å². The number of hydrogen-bond acceptors (Lipinski definition) is 3. The molecule has 0 saturated heterocycles. The van der Waals surface area contributed by atoms with Crippen molar-refractivity contribution >= 4 is 22.5 Å². The van der Waals surface area contributed by atoms with E-state index in [-0.39, 0.29) is 10.8 Å². The normalized spacial score (nSPS) is 10.8. The Morgan fingerprint density at radius 1 is 1.47 bits per heavy atom. The van der Waals surface area contributed by atoms with Gasteiger partial charge in [-0.25, -0.2) is 4.98 Å². The molecule has 0 aliphatic rings. The predicted molar refractivity (Wildman–Crippen MR) is 68.0 cm³/mol. The summed E-state index contributed by atoms with van der Waals surface area (Å²) in [5.41, 5.74) is 1.27. The van der Waals surface area contributed by atoms with Crippen LogP contribution in [-0.4, -0.2) is 16.7 Å². The van der Waals surface area contributed by atoms with E-state index in [0.29, 0.717) is 23.2 Å². The number of aromatic nitrogens is 2. The highest BCUT2D eigenvalue weighted by Crippen LogP contribution is 2.25. The molecule has 0 bridgehead atoms. The Hall–Kier alpha value is -1.55. The van der Waals surface area contributed by atoms with Crippen LogP contribution in [-0.2, 0) is 6.54 Å². The van der Waals surface area contributed by atoms with E-state index in [4.69, 9.17) is 16.3 Å². The highest BCUT2D eigenvalue weighted by atomic mass is 35.5. The minimum absolute atomic E-state index is 0.126. The molecule has 2 rings (SSSR count). The highest BCUT2D eigenvalue weighted by Gasteiger charge is 2.13. The van der Waals surface area contributed by atoms with Gasteiger partial charge in [-0.1, -0.05) is 6.07 Å². The number of benzene rings is 1. The van der Waals surface area contributed by atoms with Gasteiger partial charge in [0.2, 0.25) is 5.28 Å². The van der Waals surface area contributed by atoms with Crippen molar-refractivity contribution < 1.29 is 4.74 Å². The number of ether oxygens (including phenoxy) is 1. The zero-order valence-electron chi connectivity index (χ0n) is 9.95. The van der Waals surface area contributed by atoms with E-state index < -0.39 is 0 Å². The lowest BCUT2D eigenvalue weighted by Crippen LogP contribution is -2.22. The second-order valence-electron chi connectivity index (χ2n) is 3.74. The molecule has 2 aromatic rings. The fourth-order valence-electron chi connectivity index (χ4n) is 1.86. The molecule has 0 N–H and O–H groups in total. The number of hydrogen-bond donors (Lipinski definition) is 0. The van der Waals surface area contributed by atoms with Crippen LogP contribution >= 0.6 is 11.6 Å². The Morgan fingerprint density at radius 3 is 2.76 bits per heavy atom. The summed E-state index contributed by atoms with van der Waals surface area (Å²) >= 11 is 5.99. The summed E-state index contributed by atoms with van der Waals surface area (Å²) in [5.74, 6) is 0.563. The quantitative estimate of drug-likeness (QED) is 0.771. The van der Waals surface area contributed by atoms with Gasteiger partial charge in [0.05, 0.1) is 12.5 Å². The van der Waals surface area contributed by atoms with E-state index in [1.807, 2.05) is 19.9 Å². The van der Waals surface area contributed by atoms with Crippen LogP contribution < -0.4 is 10.3 Å². The molecule has 90 valence electrons. The van der Waals surface area contributed by atoms with Gasteiger partial charge in [-0.05, 0) is 37.1 Å². The van der Waals surface area contributed by atoms with Gasteiger partial charge in [0.1, 0.15) is 11.3 Å². The summed E-state index contributed by atoms with van der Waals surface area (Å²) in [6.07, 6.45) is 0. The fraction of sp³-hybridized carbons (Fsp3) is 0.333. The molecular formula is C12H13ClN2O2. The standard InChI is InChI=1S/C12H13ClN2O2/c1-4-15-11(16)9-7(2)5-6-8(17-3)10(9)14-12(15)13/h5-6H,4H2,1-3H3. The van der Waals surface area contributed by atoms with Crippen molar-refractivity contribution in [3.05, 3.63) is 33.3 Å². The van der Waals surface area contributed by atoms with E-state index in [0.717, 1.165) is 5.56 Å². The summed E-state index contributed by atoms with van der Waals surface area (Å²) < 4.78 is 6.64. The van der Waals surface area contributed by atoms with Crippen molar-refractivity contribution in [2.45, 2.75) is 20.4 Å². The van der Waals surface area contributed by atoms with Crippen LogP contribution in [0, 0.1) is 6.92 Å². The maximum Gasteiger partial charge on any atom is 0.262 e. The van der Waals surface area contributed by atoms with E-state index in [1.54, 1.807) is 13.2 Å². The Kier molecular flexibility index (Phi) is 3.07. The molecule has 0 radical (unpaired) electrons. The topological polar surface area (TPSA) is 44.1 Å². The van der Waals surface area contributed by atoms with Crippen LogP contribution in [0.4, 0.5) is 0 Å². The first-order chi connectivity index (χ1) is 8.10. The minimum atomic E-state index is -0.126. The average molecular weight is 253 g/mol. The first-order valence-corrected chi connectivity index (χ1v) is 5.71. The molecule has 5 heteroatoms. The number of methoxy groups -OCH3 is 1. The lowest BCUT2D eigenvalue weighted by Gasteiger charge is -2.10. The number of aryl methyl sites for hydroxylation is 1. The minimum Gasteiger partial charge on any atom is -0.494 e. The van der Waals surface area contributed by atoms with Crippen molar-refractivity contribution in [1.82, 2.24) is 9.55 Å². The molecule has 1 heterocycles. The van der Waals surface area contributed by atoms with Crippen molar-refractivity contribution in [1.29, 1.82) is 0 Å². The van der Waals surface area contributed by atoms with Gasteiger partial charge in [-0.3, -0.25) is 9.36 Å². The van der Waals surface area contributed by atoms with Crippen LogP contribution in [0.25, 0.3) is 10.9 Å². The predicted octanol–water partition coefficient (Wildman–Crippen LogP) is 2.39. The molecule has 0 amide bonds. The van der Waals surface area contributed by atoms with Gasteiger partial charge >= 0.3 is 0 Å². The van der Waals surface area contributed by atoms with Crippen molar-refractivity contribution in [3.8, 4) is 5.75 Å². The summed E-state index contributed by atoms with van der Waals surface area (Å²) in [6, 6.07) is 3.63. The first kappa shape index (κ1) is 11.9. The molecule has 0 atom stereocenters. The Balaban J connectivity index is 3.00. The second kappa shape index (κ2) is 4.37. The Morgan fingerprint density at radius 2 is 2.18 bits per heavy atom. The lowest BCUT2D eigenvalue weighted by atomic mass is 10.1. The molecule has 0 aliphatic carbocycles. The smallest absolute Gasteiger partial charge is 0.262 e. The van der Waals surface area contributed by atoms with Gasteiger partial charge in [-0.2, -0.15) is 0 Å². The molecule has 0 unspecified atom stereocenters. The van der Waals surface area contributed by atoms with Crippen LogP contribution in [0.3, 0.4) is 0 Å². The molecule has 0 saturated carbocycles. The molecule has 0 spiro atoms. The van der Waals surface area contributed by atoms with Crippen LogP contribution in [0.1, 0.15) is 12.5 Å². The van der Waals surface area contributed by atoms with E-state index in [9.17, 15) is 4.79 Å². The third-order valence-corrected chi connectivity index (χ3v) is 3.06. The summed E-state index contributed by atoms with van der Waals surface area (Å²) in [6.45, 7) is 4.23. The number of fused-ring (bicyclic) bond motifs is 1. The monoisotopic (exact) mass is 252 g/mol. The van der Waals surface area contributed by atoms with Crippen LogP contribution in [0.5, 0.6) is 5.75 Å². The maximum absolute atomic E-state index is 12.3. The van der Waals surface area contributed by atoms with Gasteiger partial charge in [-0.15, -0.1) is 0 Å². The molecule has 0 aliphatic heterocycles. The van der Waals surface area contributed by atoms with Crippen LogP contribution in [0.2, 0.25) is 5.28 Å². The lowest BCUT2D eigenvalue weighted by molar-refractivity contribution is 0.418. The van der Waals surface area contributed by atoms with Gasteiger partial charge in [0.25, 0.3) is 5.56 Å². The third kappa shape index (κ3) is 1.78. The number of rotatable bonds is 2. The second-order valence-corrected chi connectivity index (χ2v) is 4.08. The Bertz CT molecular complexity index is 634. The maximum atomic E-state index is 12.3. The summed E-state index contributed by atoms with van der Waals surface area (Å²) in [7, 11) is 1.55. The molecule has 1 aromatic heterocycles. The van der Waals surface area contributed by atoms with Gasteiger partial charge in [0, 0.05) is 6.54 Å². The van der Waals surface area contributed by atoms with E-state index >= 15 is 0 Å². The molecule has 0 fully saturated rings. The van der Waals surface area contributed by atoms with Crippen LogP contribution in [0.15, 0.2) is 16.9 Å².